The lowest BCUT2D eigenvalue weighted by Crippen LogP contribution is -2.26. The van der Waals surface area contributed by atoms with Gasteiger partial charge >= 0.3 is 0 Å². The van der Waals surface area contributed by atoms with E-state index in [2.05, 4.69) is 39.7 Å². The van der Waals surface area contributed by atoms with Crippen LogP contribution >= 0.6 is 11.3 Å². The number of tetrazole rings is 1. The molecule has 1 aromatic carbocycles. The first-order valence-electron chi connectivity index (χ1n) is 8.09. The summed E-state index contributed by atoms with van der Waals surface area (Å²) in [6, 6.07) is 6.89. The predicted octanol–water partition coefficient (Wildman–Crippen LogP) is 2.53. The van der Waals surface area contributed by atoms with Gasteiger partial charge in [0.25, 0.3) is 5.91 Å². The quantitative estimate of drug-likeness (QED) is 0.762. The molecule has 0 saturated heterocycles. The van der Waals surface area contributed by atoms with Gasteiger partial charge < -0.3 is 0 Å². The molecule has 1 amide bonds. The number of benzene rings is 1. The van der Waals surface area contributed by atoms with Gasteiger partial charge in [-0.1, -0.05) is 25.2 Å². The summed E-state index contributed by atoms with van der Waals surface area (Å²) in [4.78, 5) is 29.8. The van der Waals surface area contributed by atoms with Crippen molar-refractivity contribution in [3.8, 4) is 5.69 Å². The highest BCUT2D eigenvalue weighted by molar-refractivity contribution is 7.17. The molecular weight excluding hydrogens is 352 g/mol. The Morgan fingerprint density at radius 2 is 2.00 bits per heavy atom. The Hall–Kier alpha value is -2.94. The Bertz CT molecular complexity index is 975. The third kappa shape index (κ3) is 3.13. The van der Waals surface area contributed by atoms with Crippen LogP contribution in [-0.4, -0.2) is 36.9 Å². The van der Waals surface area contributed by atoms with Gasteiger partial charge in [-0.3, -0.25) is 14.9 Å². The predicted molar refractivity (Wildman–Crippen MR) is 95.7 cm³/mol. The SMILES string of the molecule is CC1(C)CC(=O)c2sc(NC(=O)c3ccc(-n4cnnn4)cc3)nc2C1. The molecule has 1 aliphatic rings. The van der Waals surface area contributed by atoms with Crippen molar-refractivity contribution in [2.24, 2.45) is 5.41 Å². The molecule has 1 N–H and O–H groups in total. The van der Waals surface area contributed by atoms with E-state index in [1.165, 1.54) is 22.3 Å². The number of nitrogens with one attached hydrogen (secondary N) is 1. The van der Waals surface area contributed by atoms with Crippen LogP contribution in [0.2, 0.25) is 0 Å². The second-order valence-electron chi connectivity index (χ2n) is 6.99. The molecule has 8 nitrogen and oxygen atoms in total. The van der Waals surface area contributed by atoms with Crippen molar-refractivity contribution >= 4 is 28.2 Å². The summed E-state index contributed by atoms with van der Waals surface area (Å²) in [5.74, 6) is -0.175. The fraction of sp³-hybridized carbons (Fsp3) is 0.294. The zero-order chi connectivity index (χ0) is 18.3. The second-order valence-corrected chi connectivity index (χ2v) is 7.99. The number of nitrogens with zero attached hydrogens (tertiary/aromatic N) is 5. The highest BCUT2D eigenvalue weighted by Crippen LogP contribution is 2.38. The van der Waals surface area contributed by atoms with Crippen LogP contribution in [0.1, 0.15) is 46.0 Å². The lowest BCUT2D eigenvalue weighted by Gasteiger charge is -2.26. The van der Waals surface area contributed by atoms with Crippen LogP contribution in [-0.2, 0) is 6.42 Å². The largest absolute Gasteiger partial charge is 0.298 e. The summed E-state index contributed by atoms with van der Waals surface area (Å²) in [5, 5.41) is 14.2. The van der Waals surface area contributed by atoms with Gasteiger partial charge in [-0.15, -0.1) is 5.10 Å². The number of hydrogen-bond acceptors (Lipinski definition) is 7. The molecule has 3 aromatic rings. The number of carbonyl (C=O) groups excluding carboxylic acids is 2. The highest BCUT2D eigenvalue weighted by Gasteiger charge is 2.34. The average Bonchev–Trinajstić information content (AvgIpc) is 3.23. The van der Waals surface area contributed by atoms with Crippen LogP contribution < -0.4 is 5.32 Å². The molecule has 2 heterocycles. The molecule has 0 atom stereocenters. The van der Waals surface area contributed by atoms with Crippen LogP contribution in [0.25, 0.3) is 5.69 Å². The van der Waals surface area contributed by atoms with Crippen LogP contribution in [0.15, 0.2) is 30.6 Å². The molecule has 0 saturated carbocycles. The number of thiazole rings is 1. The summed E-state index contributed by atoms with van der Waals surface area (Å²) in [6.07, 6.45) is 2.73. The minimum Gasteiger partial charge on any atom is -0.298 e. The highest BCUT2D eigenvalue weighted by atomic mass is 32.1. The molecule has 9 heteroatoms. The molecule has 0 aliphatic heterocycles. The summed E-state index contributed by atoms with van der Waals surface area (Å²) >= 11 is 1.25. The summed E-state index contributed by atoms with van der Waals surface area (Å²) in [5.41, 5.74) is 1.93. The maximum absolute atomic E-state index is 12.5. The summed E-state index contributed by atoms with van der Waals surface area (Å²) in [7, 11) is 0. The number of ketones is 1. The maximum atomic E-state index is 12.5. The van der Waals surface area contributed by atoms with E-state index in [4.69, 9.17) is 0 Å². The van der Waals surface area contributed by atoms with Crippen molar-refractivity contribution in [3.63, 3.8) is 0 Å². The molecule has 0 radical (unpaired) electrons. The molecule has 4 rings (SSSR count). The van der Waals surface area contributed by atoms with E-state index < -0.39 is 0 Å². The van der Waals surface area contributed by atoms with Crippen molar-refractivity contribution in [1.29, 1.82) is 0 Å². The van der Waals surface area contributed by atoms with E-state index >= 15 is 0 Å². The first-order chi connectivity index (χ1) is 12.4. The zero-order valence-electron chi connectivity index (χ0n) is 14.3. The number of anilines is 1. The first-order valence-corrected chi connectivity index (χ1v) is 8.91. The van der Waals surface area contributed by atoms with Gasteiger partial charge in [0.2, 0.25) is 0 Å². The molecule has 2 aromatic heterocycles. The Balaban J connectivity index is 1.51. The normalized spacial score (nSPS) is 15.5. The van der Waals surface area contributed by atoms with Crippen LogP contribution in [0.5, 0.6) is 0 Å². The Kier molecular flexibility index (Phi) is 3.87. The van der Waals surface area contributed by atoms with Gasteiger partial charge in [0.1, 0.15) is 6.33 Å². The van der Waals surface area contributed by atoms with Crippen LogP contribution in [0.3, 0.4) is 0 Å². The fourth-order valence-electron chi connectivity index (χ4n) is 2.99. The topological polar surface area (TPSA) is 103 Å². The Labute approximate surface area is 153 Å². The van der Waals surface area contributed by atoms with Crippen molar-refractivity contribution in [2.75, 3.05) is 5.32 Å². The van der Waals surface area contributed by atoms with Gasteiger partial charge in [0.15, 0.2) is 10.9 Å². The summed E-state index contributed by atoms with van der Waals surface area (Å²) in [6.45, 7) is 4.11. The Morgan fingerprint density at radius 3 is 2.69 bits per heavy atom. The van der Waals surface area contributed by atoms with Crippen LogP contribution in [0, 0.1) is 5.41 Å². The molecule has 0 spiro atoms. The molecule has 26 heavy (non-hydrogen) atoms. The average molecular weight is 368 g/mol. The number of carbonyl (C=O) groups is 2. The summed E-state index contributed by atoms with van der Waals surface area (Å²) < 4.78 is 1.50. The van der Waals surface area contributed by atoms with Gasteiger partial charge in [-0.2, -0.15) is 0 Å². The number of amides is 1. The molecule has 0 unspecified atom stereocenters. The Morgan fingerprint density at radius 1 is 1.23 bits per heavy atom. The van der Waals surface area contributed by atoms with E-state index in [-0.39, 0.29) is 17.1 Å². The first kappa shape index (κ1) is 16.5. The number of hydrogen-bond donors (Lipinski definition) is 1. The number of rotatable bonds is 3. The third-order valence-electron chi connectivity index (χ3n) is 4.20. The van der Waals surface area contributed by atoms with Gasteiger partial charge in [0.05, 0.1) is 16.3 Å². The maximum Gasteiger partial charge on any atom is 0.257 e. The molecule has 1 aliphatic carbocycles. The van der Waals surface area contributed by atoms with Crippen molar-refractivity contribution in [1.82, 2.24) is 25.2 Å². The van der Waals surface area contributed by atoms with E-state index in [9.17, 15) is 9.59 Å². The minimum absolute atomic E-state index is 0.0918. The third-order valence-corrected chi connectivity index (χ3v) is 5.25. The van der Waals surface area contributed by atoms with Crippen molar-refractivity contribution in [2.45, 2.75) is 26.7 Å². The van der Waals surface area contributed by atoms with Gasteiger partial charge in [-0.25, -0.2) is 9.67 Å². The smallest absolute Gasteiger partial charge is 0.257 e. The molecule has 0 bridgehead atoms. The number of aromatic nitrogens is 5. The van der Waals surface area contributed by atoms with Crippen molar-refractivity contribution < 1.29 is 9.59 Å². The van der Waals surface area contributed by atoms with E-state index in [0.717, 1.165) is 17.8 Å². The standard InChI is InChI=1S/C17H16N6O2S/c1-17(2)7-12-14(13(24)8-17)26-16(19-12)20-15(25)10-3-5-11(6-4-10)23-9-18-21-22-23/h3-6,9H,7-8H2,1-2H3,(H,19,20,25). The van der Waals surface area contributed by atoms with Crippen molar-refractivity contribution in [3.05, 3.63) is 46.7 Å². The fourth-order valence-corrected chi connectivity index (χ4v) is 3.90. The second kappa shape index (κ2) is 6.10. The van der Waals surface area contributed by atoms with E-state index in [0.29, 0.717) is 22.0 Å². The lowest BCUT2D eigenvalue weighted by atomic mass is 9.78. The minimum atomic E-state index is -0.272. The lowest BCUT2D eigenvalue weighted by molar-refractivity contribution is 0.0915. The van der Waals surface area contributed by atoms with E-state index in [1.54, 1.807) is 24.3 Å². The van der Waals surface area contributed by atoms with E-state index in [1.807, 2.05) is 0 Å². The van der Waals surface area contributed by atoms with Crippen LogP contribution in [0.4, 0.5) is 5.13 Å². The monoisotopic (exact) mass is 368 g/mol. The molecule has 132 valence electrons. The number of fused-ring (bicyclic) bond motifs is 1. The van der Waals surface area contributed by atoms with Gasteiger partial charge in [0, 0.05) is 12.0 Å². The molecule has 0 fully saturated rings. The van der Waals surface area contributed by atoms with Gasteiger partial charge in [-0.05, 0) is 46.5 Å². The zero-order valence-corrected chi connectivity index (χ0v) is 15.1. The molecular formula is C17H16N6O2S. The number of Topliss-reactive ketones (excluding diaryl/α,β-unsaturated/α-hetero) is 1.